The minimum absolute atomic E-state index is 0.0173. The van der Waals surface area contributed by atoms with E-state index in [-0.39, 0.29) is 19.0 Å². The molecule has 0 saturated heterocycles. The molecule has 8 heteroatoms. The van der Waals surface area contributed by atoms with Gasteiger partial charge in [-0.05, 0) is 27.7 Å². The number of hydrogen-bond acceptors (Lipinski definition) is 6. The lowest BCUT2D eigenvalue weighted by molar-refractivity contribution is 0.00566. The highest BCUT2D eigenvalue weighted by atomic mass is 16.6. The maximum Gasteiger partial charge on any atom is 0.410 e. The van der Waals surface area contributed by atoms with Crippen molar-refractivity contribution in [1.29, 1.82) is 0 Å². The second-order valence-corrected chi connectivity index (χ2v) is 5.52. The Morgan fingerprint density at radius 3 is 2.35 bits per heavy atom. The van der Waals surface area contributed by atoms with Crippen LogP contribution in [0.5, 0.6) is 0 Å². The summed E-state index contributed by atoms with van der Waals surface area (Å²) < 4.78 is 10.4. The Kier molecular flexibility index (Phi) is 7.30. The number of amidine groups is 1. The molecule has 0 aliphatic heterocycles. The molecule has 20 heavy (non-hydrogen) atoms. The molecule has 0 heterocycles. The van der Waals surface area contributed by atoms with Crippen LogP contribution in [0.25, 0.3) is 0 Å². The fourth-order valence-corrected chi connectivity index (χ4v) is 1.27. The molecular formula is C12H25N3O5. The number of nitrogens with zero attached hydrogens (tertiary/aromatic N) is 2. The first kappa shape index (κ1) is 18.5. The molecule has 0 bridgehead atoms. The molecule has 0 spiro atoms. The molecule has 2 atom stereocenters. The zero-order valence-electron chi connectivity index (χ0n) is 12.7. The van der Waals surface area contributed by atoms with Crippen LogP contribution in [0.2, 0.25) is 0 Å². The van der Waals surface area contributed by atoms with E-state index < -0.39 is 23.8 Å². The topological polar surface area (TPSA) is 118 Å². The number of carbonyl (C=O) groups excluding carboxylic acids is 1. The number of amides is 1. The van der Waals surface area contributed by atoms with Crippen LogP contribution in [0.3, 0.4) is 0 Å². The van der Waals surface area contributed by atoms with Crippen molar-refractivity contribution < 1.29 is 24.6 Å². The van der Waals surface area contributed by atoms with E-state index in [0.717, 1.165) is 0 Å². The molecule has 0 aliphatic rings. The average molecular weight is 291 g/mol. The molecule has 0 radical (unpaired) electrons. The fourth-order valence-electron chi connectivity index (χ4n) is 1.27. The fraction of sp³-hybridized carbons (Fsp3) is 0.833. The third-order valence-corrected chi connectivity index (χ3v) is 2.24. The first-order valence-corrected chi connectivity index (χ1v) is 6.27. The van der Waals surface area contributed by atoms with E-state index in [2.05, 4.69) is 5.16 Å². The van der Waals surface area contributed by atoms with Gasteiger partial charge in [0.1, 0.15) is 11.6 Å². The van der Waals surface area contributed by atoms with Crippen molar-refractivity contribution in [3.05, 3.63) is 0 Å². The molecule has 0 saturated carbocycles. The summed E-state index contributed by atoms with van der Waals surface area (Å²) in [7, 11) is 1.46. The van der Waals surface area contributed by atoms with Crippen LogP contribution >= 0.6 is 0 Å². The first-order chi connectivity index (χ1) is 9.08. The van der Waals surface area contributed by atoms with Crippen LogP contribution in [0.1, 0.15) is 27.7 Å². The Labute approximate surface area is 119 Å². The highest BCUT2D eigenvalue weighted by Gasteiger charge is 2.28. The molecule has 0 rings (SSSR count). The molecule has 4 N–H and O–H groups in total. The van der Waals surface area contributed by atoms with Crippen LogP contribution in [0.15, 0.2) is 5.16 Å². The third kappa shape index (κ3) is 7.15. The number of ether oxygens (including phenoxy) is 2. The van der Waals surface area contributed by atoms with E-state index in [4.69, 9.17) is 25.5 Å². The maximum atomic E-state index is 11.9. The minimum Gasteiger partial charge on any atom is -0.444 e. The Morgan fingerprint density at radius 1 is 1.40 bits per heavy atom. The summed E-state index contributed by atoms with van der Waals surface area (Å²) in [5, 5.41) is 20.8. The van der Waals surface area contributed by atoms with E-state index >= 15 is 0 Å². The van der Waals surface area contributed by atoms with Crippen molar-refractivity contribution in [1.82, 2.24) is 4.90 Å². The summed E-state index contributed by atoms with van der Waals surface area (Å²) in [5.74, 6) is -0.177. The quantitative estimate of drug-likeness (QED) is 0.281. The van der Waals surface area contributed by atoms with Gasteiger partial charge in [0.05, 0.1) is 19.3 Å². The Balaban J connectivity index is 4.73. The summed E-state index contributed by atoms with van der Waals surface area (Å²) in [6, 6.07) is -0.784. The molecule has 0 aliphatic carbocycles. The van der Waals surface area contributed by atoms with Crippen molar-refractivity contribution in [2.45, 2.75) is 45.4 Å². The number of nitrogens with two attached hydrogens (primary N) is 1. The number of aliphatic hydroxyl groups excluding tert-OH is 1. The van der Waals surface area contributed by atoms with Crippen LogP contribution in [-0.2, 0) is 9.47 Å². The van der Waals surface area contributed by atoms with Gasteiger partial charge in [-0.3, -0.25) is 4.90 Å². The van der Waals surface area contributed by atoms with E-state index in [1.807, 2.05) is 0 Å². The van der Waals surface area contributed by atoms with Gasteiger partial charge in [-0.2, -0.15) is 0 Å². The standard InChI is InChI=1S/C12H25N3O5/c1-8(16)6-19-7-9(10(13)14-18)15(5)11(17)20-12(2,3)4/h8-9,16,18H,6-7H2,1-5H3,(H2,13,14)/t8-,9?/m1/s1. The first-order valence-electron chi connectivity index (χ1n) is 6.27. The second-order valence-electron chi connectivity index (χ2n) is 5.52. The highest BCUT2D eigenvalue weighted by Crippen LogP contribution is 2.11. The molecule has 0 aromatic rings. The minimum atomic E-state index is -0.784. The van der Waals surface area contributed by atoms with Crippen LogP contribution in [-0.4, -0.2) is 65.2 Å². The smallest absolute Gasteiger partial charge is 0.410 e. The second kappa shape index (κ2) is 7.91. The van der Waals surface area contributed by atoms with Gasteiger partial charge in [0.15, 0.2) is 5.84 Å². The monoisotopic (exact) mass is 291 g/mol. The molecule has 0 aromatic heterocycles. The van der Waals surface area contributed by atoms with Gasteiger partial charge < -0.3 is 25.5 Å². The summed E-state index contributed by atoms with van der Waals surface area (Å²) in [6.45, 7) is 6.84. The summed E-state index contributed by atoms with van der Waals surface area (Å²) in [5.41, 5.74) is 4.89. The highest BCUT2D eigenvalue weighted by molar-refractivity contribution is 5.88. The van der Waals surface area contributed by atoms with Crippen molar-refractivity contribution in [2.24, 2.45) is 10.9 Å². The third-order valence-electron chi connectivity index (χ3n) is 2.24. The molecular weight excluding hydrogens is 266 g/mol. The summed E-state index contributed by atoms with van der Waals surface area (Å²) in [6.07, 6.45) is -1.26. The summed E-state index contributed by atoms with van der Waals surface area (Å²) >= 11 is 0. The number of aliphatic hydroxyl groups is 1. The van der Waals surface area contributed by atoms with Gasteiger partial charge in [0, 0.05) is 7.05 Å². The van der Waals surface area contributed by atoms with E-state index in [0.29, 0.717) is 0 Å². The maximum absolute atomic E-state index is 11.9. The Hall–Kier alpha value is -1.54. The van der Waals surface area contributed by atoms with Crippen LogP contribution < -0.4 is 5.73 Å². The predicted molar refractivity (Wildman–Crippen MR) is 73.7 cm³/mol. The van der Waals surface area contributed by atoms with Crippen molar-refractivity contribution in [2.75, 3.05) is 20.3 Å². The number of likely N-dealkylation sites (N-methyl/N-ethyl adjacent to an activating group) is 1. The summed E-state index contributed by atoms with van der Waals surface area (Å²) in [4.78, 5) is 13.1. The molecule has 0 fully saturated rings. The number of rotatable bonds is 6. The average Bonchev–Trinajstić information content (AvgIpc) is 2.30. The van der Waals surface area contributed by atoms with Crippen molar-refractivity contribution >= 4 is 11.9 Å². The molecule has 118 valence electrons. The van der Waals surface area contributed by atoms with Crippen molar-refractivity contribution in [3.63, 3.8) is 0 Å². The van der Waals surface area contributed by atoms with Crippen LogP contribution in [0, 0.1) is 0 Å². The van der Waals surface area contributed by atoms with Gasteiger partial charge in [-0.25, -0.2) is 4.79 Å². The normalized spacial score (nSPS) is 15.6. The van der Waals surface area contributed by atoms with Gasteiger partial charge in [0.2, 0.25) is 0 Å². The van der Waals surface area contributed by atoms with Gasteiger partial charge in [-0.1, -0.05) is 5.16 Å². The largest absolute Gasteiger partial charge is 0.444 e. The zero-order valence-corrected chi connectivity index (χ0v) is 12.7. The zero-order chi connectivity index (χ0) is 15.9. The van der Waals surface area contributed by atoms with E-state index in [9.17, 15) is 4.79 Å². The predicted octanol–water partition coefficient (Wildman–Crippen LogP) is 0.366. The van der Waals surface area contributed by atoms with Gasteiger partial charge in [0.25, 0.3) is 0 Å². The number of oxime groups is 1. The Morgan fingerprint density at radius 2 is 1.95 bits per heavy atom. The molecule has 8 nitrogen and oxygen atoms in total. The van der Waals surface area contributed by atoms with Crippen molar-refractivity contribution in [3.8, 4) is 0 Å². The molecule has 1 amide bonds. The van der Waals surface area contributed by atoms with Crippen LogP contribution in [0.4, 0.5) is 4.79 Å². The number of hydrogen-bond donors (Lipinski definition) is 3. The van der Waals surface area contributed by atoms with Gasteiger partial charge >= 0.3 is 6.09 Å². The molecule has 1 unspecified atom stereocenters. The SMILES string of the molecule is C[C@@H](O)COCC(/C(N)=N/O)N(C)C(=O)OC(C)(C)C. The molecule has 0 aromatic carbocycles. The van der Waals surface area contributed by atoms with E-state index in [1.165, 1.54) is 11.9 Å². The van der Waals surface area contributed by atoms with Gasteiger partial charge in [-0.15, -0.1) is 0 Å². The lowest BCUT2D eigenvalue weighted by Gasteiger charge is -2.29. The lowest BCUT2D eigenvalue weighted by Crippen LogP contribution is -2.50. The lowest BCUT2D eigenvalue weighted by atomic mass is 10.2. The number of carbonyl (C=O) groups is 1. The Bertz CT molecular complexity index is 338. The van der Waals surface area contributed by atoms with E-state index in [1.54, 1.807) is 27.7 Å².